The molecule has 4 heterocycles. The molecule has 0 aliphatic carbocycles. The summed E-state index contributed by atoms with van der Waals surface area (Å²) in [6.45, 7) is 0.956. The number of nitrogens with one attached hydrogen (secondary N) is 1. The first kappa shape index (κ1) is 22.5. The summed E-state index contributed by atoms with van der Waals surface area (Å²) in [7, 11) is 4.53. The maximum atomic E-state index is 13.6. The van der Waals surface area contributed by atoms with Crippen molar-refractivity contribution in [2.24, 2.45) is 11.8 Å². The third-order valence-electron chi connectivity index (χ3n) is 7.22. The van der Waals surface area contributed by atoms with Gasteiger partial charge < -0.3 is 38.6 Å². The highest BCUT2D eigenvalue weighted by molar-refractivity contribution is 5.99. The molecule has 188 valence electrons. The molecule has 4 aliphatic heterocycles. The summed E-state index contributed by atoms with van der Waals surface area (Å²) in [5.74, 6) is 0.931. The van der Waals surface area contributed by atoms with E-state index in [2.05, 4.69) is 5.32 Å². The van der Waals surface area contributed by atoms with E-state index in [1.165, 1.54) is 21.3 Å². The number of rotatable bonds is 7. The van der Waals surface area contributed by atoms with Crippen molar-refractivity contribution >= 4 is 17.5 Å². The minimum Gasteiger partial charge on any atom is -0.493 e. The van der Waals surface area contributed by atoms with E-state index in [1.807, 2.05) is 30.4 Å². The van der Waals surface area contributed by atoms with E-state index in [4.69, 9.17) is 28.4 Å². The molecule has 6 rings (SSSR count). The molecule has 1 N–H and O–H groups in total. The molecule has 10 heteroatoms. The largest absolute Gasteiger partial charge is 0.493 e. The van der Waals surface area contributed by atoms with Gasteiger partial charge in [0.05, 0.1) is 45.8 Å². The third-order valence-corrected chi connectivity index (χ3v) is 7.22. The van der Waals surface area contributed by atoms with Crippen LogP contribution in [0.1, 0.15) is 5.56 Å². The van der Waals surface area contributed by atoms with Crippen molar-refractivity contribution in [2.75, 3.05) is 40.0 Å². The van der Waals surface area contributed by atoms with Gasteiger partial charge in [-0.05, 0) is 17.7 Å². The number of hydrogen-bond donors (Lipinski definition) is 1. The molecular weight excluding hydrogens is 468 g/mol. The molecule has 0 radical (unpaired) electrons. The highest BCUT2D eigenvalue weighted by Gasteiger charge is 2.66. The lowest BCUT2D eigenvalue weighted by Gasteiger charge is -2.24. The number of amides is 2. The van der Waals surface area contributed by atoms with Crippen LogP contribution in [0, 0.1) is 11.8 Å². The molecule has 2 saturated heterocycles. The second-order valence-electron chi connectivity index (χ2n) is 9.19. The van der Waals surface area contributed by atoms with Crippen LogP contribution in [0.3, 0.4) is 0 Å². The van der Waals surface area contributed by atoms with Crippen LogP contribution in [0.5, 0.6) is 28.7 Å². The summed E-state index contributed by atoms with van der Waals surface area (Å²) < 4.78 is 33.2. The van der Waals surface area contributed by atoms with Crippen LogP contribution in [0.4, 0.5) is 5.69 Å². The smallest absolute Gasteiger partial charge is 0.231 e. The van der Waals surface area contributed by atoms with Gasteiger partial charge in [-0.25, -0.2) is 0 Å². The lowest BCUT2D eigenvalue weighted by Crippen LogP contribution is -2.41. The van der Waals surface area contributed by atoms with E-state index < -0.39 is 23.5 Å². The molecule has 0 aromatic heterocycles. The van der Waals surface area contributed by atoms with Crippen LogP contribution in [-0.4, -0.2) is 63.1 Å². The summed E-state index contributed by atoms with van der Waals surface area (Å²) >= 11 is 0. The molecule has 2 amide bonds. The fourth-order valence-corrected chi connectivity index (χ4v) is 5.65. The van der Waals surface area contributed by atoms with Gasteiger partial charge in [-0.15, -0.1) is 0 Å². The first-order chi connectivity index (χ1) is 17.5. The fourth-order valence-electron chi connectivity index (χ4n) is 5.65. The first-order valence-electron chi connectivity index (χ1n) is 11.6. The molecule has 10 nitrogen and oxygen atoms in total. The van der Waals surface area contributed by atoms with Gasteiger partial charge in [-0.1, -0.05) is 18.2 Å². The van der Waals surface area contributed by atoms with Crippen LogP contribution in [0.2, 0.25) is 0 Å². The van der Waals surface area contributed by atoms with Gasteiger partial charge in [-0.2, -0.15) is 0 Å². The average molecular weight is 495 g/mol. The topological polar surface area (TPSA) is 105 Å². The van der Waals surface area contributed by atoms with Crippen LogP contribution >= 0.6 is 0 Å². The number of carbonyl (C=O) groups excluding carboxylic acids is 2. The Balaban J connectivity index is 1.23. The van der Waals surface area contributed by atoms with Gasteiger partial charge in [0.1, 0.15) is 5.60 Å². The summed E-state index contributed by atoms with van der Waals surface area (Å²) in [5, 5.41) is 2.92. The van der Waals surface area contributed by atoms with Crippen molar-refractivity contribution in [1.82, 2.24) is 4.90 Å². The Morgan fingerprint density at radius 3 is 2.56 bits per heavy atom. The average Bonchev–Trinajstić information content (AvgIpc) is 3.64. The Kier molecular flexibility index (Phi) is 5.22. The number of likely N-dealkylation sites (tertiary alicyclic amines) is 1. The van der Waals surface area contributed by atoms with Gasteiger partial charge in [0.15, 0.2) is 23.0 Å². The summed E-state index contributed by atoms with van der Waals surface area (Å²) in [6, 6.07) is 8.94. The Morgan fingerprint density at radius 1 is 1.08 bits per heavy atom. The van der Waals surface area contributed by atoms with E-state index in [0.717, 1.165) is 5.56 Å². The maximum Gasteiger partial charge on any atom is 0.231 e. The standard InChI is InChI=1S/C26H26N2O8/c1-31-19-9-15(10-20(32-2)23(19)33-3)27-24(29)21-17-6-7-26(36-17)12-28(25(30)22(21)26)11-14-4-5-16-18(8-14)35-13-34-16/h4-10,17,21-22H,11-13H2,1-3H3,(H,27,29)/t17-,21?,22?,26+/m0/s1. The maximum absolute atomic E-state index is 13.6. The van der Waals surface area contributed by atoms with Crippen molar-refractivity contribution in [2.45, 2.75) is 18.2 Å². The Bertz CT molecular complexity index is 1250. The number of fused-ring (bicyclic) bond motifs is 2. The Hall–Kier alpha value is -3.92. The lowest BCUT2D eigenvalue weighted by molar-refractivity contribution is -0.136. The van der Waals surface area contributed by atoms with Crippen LogP contribution in [0.25, 0.3) is 0 Å². The van der Waals surface area contributed by atoms with E-state index in [-0.39, 0.29) is 18.6 Å². The minimum absolute atomic E-state index is 0.107. The normalized spacial score (nSPS) is 26.8. The predicted molar refractivity (Wildman–Crippen MR) is 126 cm³/mol. The van der Waals surface area contributed by atoms with Crippen molar-refractivity contribution in [3.05, 3.63) is 48.0 Å². The number of nitrogens with zero attached hydrogens (tertiary/aromatic N) is 1. The monoisotopic (exact) mass is 494 g/mol. The van der Waals surface area contributed by atoms with E-state index in [0.29, 0.717) is 47.5 Å². The number of ether oxygens (including phenoxy) is 6. The van der Waals surface area contributed by atoms with Crippen molar-refractivity contribution in [3.63, 3.8) is 0 Å². The second-order valence-corrected chi connectivity index (χ2v) is 9.19. The van der Waals surface area contributed by atoms with Crippen LogP contribution < -0.4 is 29.0 Å². The summed E-state index contributed by atoms with van der Waals surface area (Å²) in [5.41, 5.74) is 0.578. The number of benzene rings is 2. The highest BCUT2D eigenvalue weighted by Crippen LogP contribution is 2.52. The SMILES string of the molecule is COc1cc(NC(=O)C2C3C(=O)N(Cc4ccc5c(c4)OCO5)C[C@]34C=C[C@@H]2O4)cc(OC)c1OC. The zero-order chi connectivity index (χ0) is 25.0. The van der Waals surface area contributed by atoms with E-state index in [1.54, 1.807) is 17.0 Å². The molecule has 4 atom stereocenters. The lowest BCUT2D eigenvalue weighted by atomic mass is 9.77. The molecule has 2 fully saturated rings. The number of carbonyl (C=O) groups is 2. The summed E-state index contributed by atoms with van der Waals surface area (Å²) in [4.78, 5) is 28.8. The molecular formula is C26H26N2O8. The van der Waals surface area contributed by atoms with Gasteiger partial charge in [-0.3, -0.25) is 9.59 Å². The number of methoxy groups -OCH3 is 3. The molecule has 36 heavy (non-hydrogen) atoms. The number of anilines is 1. The molecule has 2 aromatic rings. The quantitative estimate of drug-likeness (QED) is 0.585. The van der Waals surface area contributed by atoms with Gasteiger partial charge in [0, 0.05) is 24.4 Å². The van der Waals surface area contributed by atoms with Crippen molar-refractivity contribution < 1.29 is 38.0 Å². The van der Waals surface area contributed by atoms with Crippen molar-refractivity contribution in [3.8, 4) is 28.7 Å². The predicted octanol–water partition coefficient (Wildman–Crippen LogP) is 2.36. The second kappa shape index (κ2) is 8.34. The Morgan fingerprint density at radius 2 is 1.83 bits per heavy atom. The molecule has 2 bridgehead atoms. The van der Waals surface area contributed by atoms with Gasteiger partial charge in [0.25, 0.3) is 0 Å². The summed E-state index contributed by atoms with van der Waals surface area (Å²) in [6.07, 6.45) is 3.35. The van der Waals surface area contributed by atoms with Crippen LogP contribution in [0.15, 0.2) is 42.5 Å². The zero-order valence-electron chi connectivity index (χ0n) is 20.1. The van der Waals surface area contributed by atoms with Gasteiger partial charge >= 0.3 is 0 Å². The molecule has 2 aromatic carbocycles. The van der Waals surface area contributed by atoms with E-state index >= 15 is 0 Å². The minimum atomic E-state index is -0.810. The van der Waals surface area contributed by atoms with Crippen molar-refractivity contribution in [1.29, 1.82) is 0 Å². The molecule has 1 spiro atoms. The highest BCUT2D eigenvalue weighted by atomic mass is 16.7. The fraction of sp³-hybridized carbons (Fsp3) is 0.385. The first-order valence-corrected chi connectivity index (χ1v) is 11.6. The van der Waals surface area contributed by atoms with Crippen LogP contribution in [-0.2, 0) is 20.9 Å². The Labute approximate surface area is 207 Å². The molecule has 0 saturated carbocycles. The zero-order valence-corrected chi connectivity index (χ0v) is 20.1. The van der Waals surface area contributed by atoms with E-state index in [9.17, 15) is 9.59 Å². The molecule has 2 unspecified atom stereocenters. The number of hydrogen-bond acceptors (Lipinski definition) is 8. The molecule has 4 aliphatic rings. The third kappa shape index (κ3) is 3.35. The van der Waals surface area contributed by atoms with Gasteiger partial charge in [0.2, 0.25) is 24.4 Å².